The van der Waals surface area contributed by atoms with Gasteiger partial charge in [0.1, 0.15) is 5.78 Å². The van der Waals surface area contributed by atoms with E-state index in [0.29, 0.717) is 0 Å². The first-order valence-corrected chi connectivity index (χ1v) is 4.57. The first kappa shape index (κ1) is 11.4. The standard InChI is InChI=1S/C11H20O/c1-6-9(2)7-8-11(4,5)10(3)12/h7H,6,8H2,1-5H3/b9-7+. The molecule has 0 bridgehead atoms. The Morgan fingerprint density at radius 1 is 1.33 bits per heavy atom. The smallest absolute Gasteiger partial charge is 0.135 e. The molecule has 0 aromatic heterocycles. The van der Waals surface area contributed by atoms with E-state index in [1.165, 1.54) is 5.57 Å². The van der Waals surface area contributed by atoms with E-state index in [9.17, 15) is 4.79 Å². The molecule has 0 saturated carbocycles. The second kappa shape index (κ2) is 4.44. The minimum atomic E-state index is -0.184. The van der Waals surface area contributed by atoms with E-state index < -0.39 is 0 Å². The SMILES string of the molecule is CC/C(C)=C/CC(C)(C)C(C)=O. The number of Topliss-reactive ketones (excluding diaryl/α,β-unsaturated/α-hetero) is 1. The lowest BCUT2D eigenvalue weighted by atomic mass is 9.84. The van der Waals surface area contributed by atoms with Crippen LogP contribution in [-0.2, 0) is 4.79 Å². The molecule has 0 heterocycles. The molecular formula is C11H20O. The van der Waals surface area contributed by atoms with Crippen LogP contribution in [0.25, 0.3) is 0 Å². The Hall–Kier alpha value is -0.590. The number of hydrogen-bond donors (Lipinski definition) is 0. The fraction of sp³-hybridized carbons (Fsp3) is 0.727. The third-order valence-corrected chi connectivity index (χ3v) is 2.47. The lowest BCUT2D eigenvalue weighted by molar-refractivity contribution is -0.124. The molecular weight excluding hydrogens is 148 g/mol. The van der Waals surface area contributed by atoms with Crippen molar-refractivity contribution < 1.29 is 4.79 Å². The summed E-state index contributed by atoms with van der Waals surface area (Å²) in [6.07, 6.45) is 4.11. The summed E-state index contributed by atoms with van der Waals surface area (Å²) in [7, 11) is 0. The van der Waals surface area contributed by atoms with E-state index in [1.54, 1.807) is 6.92 Å². The highest BCUT2D eigenvalue weighted by Gasteiger charge is 2.21. The molecule has 1 nitrogen and oxygen atoms in total. The molecule has 0 atom stereocenters. The van der Waals surface area contributed by atoms with Crippen molar-refractivity contribution in [3.63, 3.8) is 0 Å². The number of allylic oxidation sites excluding steroid dienone is 2. The van der Waals surface area contributed by atoms with Crippen LogP contribution in [0.4, 0.5) is 0 Å². The van der Waals surface area contributed by atoms with Gasteiger partial charge in [-0.25, -0.2) is 0 Å². The summed E-state index contributed by atoms with van der Waals surface area (Å²) in [5.74, 6) is 0.266. The fourth-order valence-corrected chi connectivity index (χ4v) is 0.717. The first-order valence-electron chi connectivity index (χ1n) is 4.57. The minimum absolute atomic E-state index is 0.184. The van der Waals surface area contributed by atoms with Crippen molar-refractivity contribution in [1.29, 1.82) is 0 Å². The van der Waals surface area contributed by atoms with Gasteiger partial charge >= 0.3 is 0 Å². The van der Waals surface area contributed by atoms with Gasteiger partial charge < -0.3 is 0 Å². The van der Waals surface area contributed by atoms with Crippen molar-refractivity contribution in [3.05, 3.63) is 11.6 Å². The summed E-state index contributed by atoms with van der Waals surface area (Å²) in [5, 5.41) is 0. The lowest BCUT2D eigenvalue weighted by Crippen LogP contribution is -2.20. The van der Waals surface area contributed by atoms with E-state index in [-0.39, 0.29) is 11.2 Å². The molecule has 0 saturated heterocycles. The van der Waals surface area contributed by atoms with E-state index in [4.69, 9.17) is 0 Å². The van der Waals surface area contributed by atoms with Crippen molar-refractivity contribution in [2.75, 3.05) is 0 Å². The number of rotatable bonds is 4. The topological polar surface area (TPSA) is 17.1 Å². The Kier molecular flexibility index (Phi) is 4.22. The monoisotopic (exact) mass is 168 g/mol. The predicted molar refractivity (Wildman–Crippen MR) is 53.1 cm³/mol. The molecule has 0 amide bonds. The zero-order valence-corrected chi connectivity index (χ0v) is 8.90. The zero-order chi connectivity index (χ0) is 9.78. The average Bonchev–Trinajstić information content (AvgIpc) is 2.00. The van der Waals surface area contributed by atoms with Crippen LogP contribution in [0.15, 0.2) is 11.6 Å². The normalized spacial score (nSPS) is 13.2. The van der Waals surface area contributed by atoms with E-state index in [0.717, 1.165) is 12.8 Å². The molecule has 0 aromatic carbocycles. The summed E-state index contributed by atoms with van der Waals surface area (Å²) >= 11 is 0. The average molecular weight is 168 g/mol. The Balaban J connectivity index is 4.17. The second-order valence-electron chi connectivity index (χ2n) is 4.05. The van der Waals surface area contributed by atoms with Crippen LogP contribution >= 0.6 is 0 Å². The summed E-state index contributed by atoms with van der Waals surface area (Å²) in [6.45, 7) is 9.89. The van der Waals surface area contributed by atoms with Crippen LogP contribution in [0, 0.1) is 5.41 Å². The first-order chi connectivity index (χ1) is 5.40. The highest BCUT2D eigenvalue weighted by atomic mass is 16.1. The van der Waals surface area contributed by atoms with Gasteiger partial charge in [0.2, 0.25) is 0 Å². The minimum Gasteiger partial charge on any atom is -0.299 e. The molecule has 0 fully saturated rings. The Labute approximate surface area is 75.9 Å². The van der Waals surface area contributed by atoms with Crippen molar-refractivity contribution in [3.8, 4) is 0 Å². The van der Waals surface area contributed by atoms with Crippen LogP contribution in [0.2, 0.25) is 0 Å². The lowest BCUT2D eigenvalue weighted by Gasteiger charge is -2.18. The molecule has 0 aliphatic rings. The molecule has 0 rings (SSSR count). The largest absolute Gasteiger partial charge is 0.299 e. The summed E-state index contributed by atoms with van der Waals surface area (Å²) in [4.78, 5) is 11.1. The van der Waals surface area contributed by atoms with Gasteiger partial charge in [0, 0.05) is 5.41 Å². The highest BCUT2D eigenvalue weighted by molar-refractivity contribution is 5.81. The number of ketones is 1. The molecule has 0 unspecified atom stereocenters. The molecule has 1 heteroatoms. The van der Waals surface area contributed by atoms with Gasteiger partial charge in [-0.2, -0.15) is 0 Å². The van der Waals surface area contributed by atoms with Gasteiger partial charge in [0.15, 0.2) is 0 Å². The van der Waals surface area contributed by atoms with Crippen LogP contribution in [0.3, 0.4) is 0 Å². The van der Waals surface area contributed by atoms with Crippen molar-refractivity contribution in [2.24, 2.45) is 5.41 Å². The van der Waals surface area contributed by atoms with Crippen LogP contribution in [0.1, 0.15) is 47.5 Å². The van der Waals surface area contributed by atoms with Crippen LogP contribution in [0.5, 0.6) is 0 Å². The maximum Gasteiger partial charge on any atom is 0.135 e. The third kappa shape index (κ3) is 3.70. The zero-order valence-electron chi connectivity index (χ0n) is 8.90. The summed E-state index contributed by atoms with van der Waals surface area (Å²) < 4.78 is 0. The molecule has 70 valence electrons. The van der Waals surface area contributed by atoms with Crippen LogP contribution in [-0.4, -0.2) is 5.78 Å². The van der Waals surface area contributed by atoms with Gasteiger partial charge in [0.05, 0.1) is 0 Å². The molecule has 0 aromatic rings. The molecule has 0 N–H and O–H groups in total. The van der Waals surface area contributed by atoms with E-state index >= 15 is 0 Å². The Morgan fingerprint density at radius 2 is 1.83 bits per heavy atom. The predicted octanol–water partition coefficient (Wildman–Crippen LogP) is 3.35. The molecule has 0 aliphatic heterocycles. The third-order valence-electron chi connectivity index (χ3n) is 2.47. The van der Waals surface area contributed by atoms with Gasteiger partial charge in [-0.3, -0.25) is 4.79 Å². The van der Waals surface area contributed by atoms with Gasteiger partial charge in [0.25, 0.3) is 0 Å². The van der Waals surface area contributed by atoms with Crippen molar-refractivity contribution in [2.45, 2.75) is 47.5 Å². The fourth-order valence-electron chi connectivity index (χ4n) is 0.717. The maximum absolute atomic E-state index is 11.1. The Morgan fingerprint density at radius 3 is 2.17 bits per heavy atom. The number of carbonyl (C=O) groups is 1. The number of carbonyl (C=O) groups excluding carboxylic acids is 1. The summed E-state index contributed by atoms with van der Waals surface area (Å²) in [6, 6.07) is 0. The quantitative estimate of drug-likeness (QED) is 0.588. The van der Waals surface area contributed by atoms with Gasteiger partial charge in [-0.1, -0.05) is 32.4 Å². The van der Waals surface area contributed by atoms with Gasteiger partial charge in [-0.05, 0) is 26.7 Å². The van der Waals surface area contributed by atoms with E-state index in [2.05, 4.69) is 19.9 Å². The van der Waals surface area contributed by atoms with E-state index in [1.807, 2.05) is 13.8 Å². The van der Waals surface area contributed by atoms with Gasteiger partial charge in [-0.15, -0.1) is 0 Å². The van der Waals surface area contributed by atoms with Crippen LogP contribution < -0.4 is 0 Å². The Bertz CT molecular complexity index is 187. The molecule has 12 heavy (non-hydrogen) atoms. The second-order valence-corrected chi connectivity index (χ2v) is 4.05. The molecule has 0 radical (unpaired) electrons. The molecule has 0 aliphatic carbocycles. The summed E-state index contributed by atoms with van der Waals surface area (Å²) in [5.41, 5.74) is 1.18. The maximum atomic E-state index is 11.1. The van der Waals surface area contributed by atoms with Crippen molar-refractivity contribution >= 4 is 5.78 Å². The van der Waals surface area contributed by atoms with Crippen molar-refractivity contribution in [1.82, 2.24) is 0 Å². The highest BCUT2D eigenvalue weighted by Crippen LogP contribution is 2.22. The number of hydrogen-bond acceptors (Lipinski definition) is 1. The molecule has 0 spiro atoms.